The quantitative estimate of drug-likeness (QED) is 0.407. The topological polar surface area (TPSA) is 104 Å². The van der Waals surface area contributed by atoms with Crippen molar-refractivity contribution in [2.24, 2.45) is 0 Å². The summed E-state index contributed by atoms with van der Waals surface area (Å²) in [6.45, 7) is 0.837. The van der Waals surface area contributed by atoms with Crippen LogP contribution in [0.2, 0.25) is 0 Å². The number of carbonyl (C=O) groups is 2. The second-order valence-electron chi connectivity index (χ2n) is 9.74. The molecule has 0 radical (unpaired) electrons. The van der Waals surface area contributed by atoms with Crippen molar-refractivity contribution in [2.45, 2.75) is 62.8 Å². The first-order valence-electron chi connectivity index (χ1n) is 12.2. The summed E-state index contributed by atoms with van der Waals surface area (Å²) in [6.07, 6.45) is -8.14. The molecule has 2 fully saturated rings. The Morgan fingerprint density at radius 3 is 2.38 bits per heavy atom. The van der Waals surface area contributed by atoms with Crippen molar-refractivity contribution in [3.05, 3.63) is 63.3 Å². The zero-order valence-corrected chi connectivity index (χ0v) is 20.6. The van der Waals surface area contributed by atoms with Crippen LogP contribution in [-0.2, 0) is 5.54 Å². The molecule has 212 valence electrons. The summed E-state index contributed by atoms with van der Waals surface area (Å²) in [7, 11) is 0. The average molecular weight is 560 g/mol. The molecule has 0 spiro atoms. The zero-order valence-electron chi connectivity index (χ0n) is 20.6. The number of benzene rings is 1. The van der Waals surface area contributed by atoms with E-state index in [1.165, 1.54) is 19.1 Å². The predicted molar refractivity (Wildman–Crippen MR) is 128 cm³/mol. The Kier molecular flexibility index (Phi) is 7.84. The van der Waals surface area contributed by atoms with Gasteiger partial charge in [0, 0.05) is 24.4 Å². The van der Waals surface area contributed by atoms with Gasteiger partial charge in [-0.05, 0) is 26.2 Å². The number of hydrogen-bond donors (Lipinski definition) is 3. The van der Waals surface area contributed by atoms with E-state index in [9.17, 15) is 40.7 Å². The highest BCUT2D eigenvalue weighted by Crippen LogP contribution is 2.48. The maximum absolute atomic E-state index is 14.8. The molecule has 1 aliphatic carbocycles. The molecule has 1 saturated heterocycles. The molecule has 1 saturated carbocycles. The molecule has 1 aromatic carbocycles. The lowest BCUT2D eigenvalue weighted by Crippen LogP contribution is -2.50. The molecule has 4 rings (SSSR count). The van der Waals surface area contributed by atoms with Gasteiger partial charge in [-0.1, -0.05) is 18.2 Å². The summed E-state index contributed by atoms with van der Waals surface area (Å²) >= 11 is 0. The fourth-order valence-electron chi connectivity index (χ4n) is 4.74. The summed E-state index contributed by atoms with van der Waals surface area (Å²) < 4.78 is 84.1. The van der Waals surface area contributed by atoms with E-state index in [1.54, 1.807) is 0 Å². The van der Waals surface area contributed by atoms with E-state index in [-0.39, 0.29) is 42.6 Å². The monoisotopic (exact) mass is 560 g/mol. The van der Waals surface area contributed by atoms with Crippen molar-refractivity contribution in [1.29, 1.82) is 0 Å². The maximum Gasteiger partial charge on any atom is 0.407 e. The highest BCUT2D eigenvalue weighted by atomic mass is 19.3. The average Bonchev–Trinajstić information content (AvgIpc) is 3.67. The number of hydrogen-bond acceptors (Lipinski definition) is 4. The minimum atomic E-state index is -3.10. The van der Waals surface area contributed by atoms with E-state index in [1.807, 2.05) is 0 Å². The normalized spacial score (nSPS) is 21.1. The maximum atomic E-state index is 14.8. The van der Waals surface area contributed by atoms with Crippen LogP contribution in [0.15, 0.2) is 35.3 Å². The number of nitrogens with one attached hydrogen (secondary N) is 2. The summed E-state index contributed by atoms with van der Waals surface area (Å²) in [5, 5.41) is 14.3. The van der Waals surface area contributed by atoms with E-state index < -0.39 is 72.1 Å². The van der Waals surface area contributed by atoms with Crippen molar-refractivity contribution in [1.82, 2.24) is 14.8 Å². The molecule has 0 bridgehead atoms. The summed E-state index contributed by atoms with van der Waals surface area (Å²) in [6, 6.07) is 2.02. The van der Waals surface area contributed by atoms with Crippen LogP contribution in [-0.4, -0.2) is 58.3 Å². The number of carbonyl (C=O) groups excluding carboxylic acids is 1. The predicted octanol–water partition coefficient (Wildman–Crippen LogP) is 4.67. The van der Waals surface area contributed by atoms with Crippen LogP contribution in [0, 0.1) is 5.82 Å². The highest BCUT2D eigenvalue weighted by Gasteiger charge is 2.53. The van der Waals surface area contributed by atoms with Crippen LogP contribution < -0.4 is 16.2 Å². The molecular formula is C25H26F6N4O4. The highest BCUT2D eigenvalue weighted by molar-refractivity contribution is 5.99. The van der Waals surface area contributed by atoms with E-state index in [4.69, 9.17) is 5.11 Å². The summed E-state index contributed by atoms with van der Waals surface area (Å²) in [5.74, 6) is -2.17. The lowest BCUT2D eigenvalue weighted by atomic mass is 10.0. The van der Waals surface area contributed by atoms with Crippen LogP contribution >= 0.6 is 0 Å². The molecule has 8 nitrogen and oxygen atoms in total. The third-order valence-electron chi connectivity index (χ3n) is 7.21. The summed E-state index contributed by atoms with van der Waals surface area (Å²) in [4.78, 5) is 38.2. The second kappa shape index (κ2) is 10.8. The van der Waals surface area contributed by atoms with E-state index in [2.05, 4.69) is 10.6 Å². The van der Waals surface area contributed by atoms with E-state index >= 15 is 0 Å². The SMILES string of the molecule is CC(NC(=O)c1cn(C2(C(F)F)CC2)c(=O)cc1N[C@H]1CCN(C(=O)O)C[C@H]1F)c1cccc(C(F)F)c1F. The van der Waals surface area contributed by atoms with Crippen molar-refractivity contribution < 1.29 is 41.0 Å². The van der Waals surface area contributed by atoms with E-state index in [0.717, 1.165) is 27.8 Å². The molecule has 3 N–H and O–H groups in total. The Hall–Kier alpha value is -3.71. The van der Waals surface area contributed by atoms with Gasteiger partial charge in [-0.3, -0.25) is 9.59 Å². The van der Waals surface area contributed by atoms with Gasteiger partial charge in [0.2, 0.25) is 0 Å². The lowest BCUT2D eigenvalue weighted by Gasteiger charge is -2.34. The first-order valence-corrected chi connectivity index (χ1v) is 12.2. The number of carboxylic acid groups (broad SMARTS) is 1. The molecule has 1 aliphatic heterocycles. The lowest BCUT2D eigenvalue weighted by molar-refractivity contribution is 0.0648. The standard InChI is InChI=1S/C25H26F6N4O4/c1-12(13-3-2-4-14(20(13)27)21(28)29)32-22(37)15-10-35(25(6-7-25)23(30)31)19(36)9-18(15)33-17-5-8-34(24(38)39)11-16(17)26/h2-4,9-10,12,16-17,21,23,33H,5-8,11H2,1H3,(H,32,37)(H,38,39)/t12?,16-,17+/m1/s1. The van der Waals surface area contributed by atoms with Gasteiger partial charge in [0.15, 0.2) is 0 Å². The van der Waals surface area contributed by atoms with Crippen molar-refractivity contribution in [2.75, 3.05) is 18.4 Å². The fourth-order valence-corrected chi connectivity index (χ4v) is 4.74. The number of pyridine rings is 1. The van der Waals surface area contributed by atoms with Gasteiger partial charge in [0.1, 0.15) is 17.5 Å². The van der Waals surface area contributed by atoms with Crippen molar-refractivity contribution in [3.63, 3.8) is 0 Å². The molecule has 1 unspecified atom stereocenters. The Labute approximate surface area is 218 Å². The molecule has 2 heterocycles. The number of nitrogens with zero attached hydrogens (tertiary/aromatic N) is 2. The zero-order chi connectivity index (χ0) is 28.6. The van der Waals surface area contributed by atoms with Gasteiger partial charge >= 0.3 is 6.09 Å². The third-order valence-corrected chi connectivity index (χ3v) is 7.21. The van der Waals surface area contributed by atoms with E-state index in [0.29, 0.717) is 0 Å². The molecule has 39 heavy (non-hydrogen) atoms. The van der Waals surface area contributed by atoms with Crippen LogP contribution in [0.3, 0.4) is 0 Å². The first-order chi connectivity index (χ1) is 18.4. The molecular weight excluding hydrogens is 534 g/mol. The van der Waals surface area contributed by atoms with Crippen LogP contribution in [0.5, 0.6) is 0 Å². The number of amides is 2. The minimum absolute atomic E-state index is 0.0132. The Morgan fingerprint density at radius 2 is 1.82 bits per heavy atom. The molecule has 1 aromatic heterocycles. The molecule has 2 aliphatic rings. The second-order valence-corrected chi connectivity index (χ2v) is 9.74. The molecule has 2 amide bonds. The third kappa shape index (κ3) is 5.55. The minimum Gasteiger partial charge on any atom is -0.465 e. The number of rotatable bonds is 8. The summed E-state index contributed by atoms with van der Waals surface area (Å²) in [5.41, 5.74) is -4.30. The Balaban J connectivity index is 1.67. The fraction of sp³-hybridized carbons (Fsp3) is 0.480. The molecule has 14 heteroatoms. The van der Waals surface area contributed by atoms with Gasteiger partial charge in [0.25, 0.3) is 24.3 Å². The van der Waals surface area contributed by atoms with Crippen molar-refractivity contribution >= 4 is 17.7 Å². The number of anilines is 1. The van der Waals surface area contributed by atoms with Crippen LogP contribution in [0.1, 0.15) is 60.1 Å². The number of piperidine rings is 1. The van der Waals surface area contributed by atoms with Crippen LogP contribution in [0.25, 0.3) is 0 Å². The smallest absolute Gasteiger partial charge is 0.407 e. The number of aromatic nitrogens is 1. The van der Waals surface area contributed by atoms with Crippen LogP contribution in [0.4, 0.5) is 36.8 Å². The van der Waals surface area contributed by atoms with Gasteiger partial charge in [-0.25, -0.2) is 31.1 Å². The van der Waals surface area contributed by atoms with Gasteiger partial charge in [-0.15, -0.1) is 0 Å². The Bertz CT molecular complexity index is 1320. The van der Waals surface area contributed by atoms with Gasteiger partial charge < -0.3 is 25.2 Å². The van der Waals surface area contributed by atoms with Gasteiger partial charge in [-0.2, -0.15) is 0 Å². The Morgan fingerprint density at radius 1 is 1.15 bits per heavy atom. The number of alkyl halides is 5. The largest absolute Gasteiger partial charge is 0.465 e. The first kappa shape index (κ1) is 28.3. The number of likely N-dealkylation sites (tertiary alicyclic amines) is 1. The number of halogens is 6. The van der Waals surface area contributed by atoms with Crippen molar-refractivity contribution in [3.8, 4) is 0 Å². The molecule has 3 atom stereocenters. The van der Waals surface area contributed by atoms with Gasteiger partial charge in [0.05, 0.1) is 35.4 Å². The molecule has 2 aromatic rings.